The molecule has 2 aromatic carbocycles. The molecule has 3 nitrogen and oxygen atoms in total. The number of hydrogen-bond acceptors (Lipinski definition) is 3. The molecule has 0 radical (unpaired) electrons. The summed E-state index contributed by atoms with van der Waals surface area (Å²) < 4.78 is 19.5. The molecule has 2 rings (SSSR count). The number of aliphatic hydroxyl groups is 1. The molecule has 0 aliphatic carbocycles. The first-order valence-electron chi connectivity index (χ1n) is 6.29. The first-order valence-corrected chi connectivity index (χ1v) is 7.46. The van der Waals surface area contributed by atoms with Gasteiger partial charge in [0.25, 0.3) is 0 Å². The molecule has 0 saturated heterocycles. The third-order valence-electron chi connectivity index (χ3n) is 2.64. The molecule has 0 aliphatic rings. The van der Waals surface area contributed by atoms with Gasteiger partial charge in [-0.3, -0.25) is 0 Å². The van der Waals surface area contributed by atoms with E-state index in [9.17, 15) is 9.50 Å². The second-order valence-corrected chi connectivity index (χ2v) is 5.81. The number of halogens is 3. The molecule has 0 spiro atoms. The molecule has 112 valence electrons. The van der Waals surface area contributed by atoms with Crippen LogP contribution in [0.3, 0.4) is 0 Å². The summed E-state index contributed by atoms with van der Waals surface area (Å²) in [5.74, 6) is 0.238. The summed E-state index contributed by atoms with van der Waals surface area (Å²) >= 11 is 9.09. The molecule has 0 saturated carbocycles. The molecule has 0 bridgehead atoms. The van der Waals surface area contributed by atoms with Gasteiger partial charge in [-0.05, 0) is 36.4 Å². The third-order valence-corrected chi connectivity index (χ3v) is 3.35. The first-order chi connectivity index (χ1) is 10.0. The second-order valence-electron chi connectivity index (χ2n) is 4.46. The van der Waals surface area contributed by atoms with Crippen LogP contribution in [0.4, 0.5) is 10.1 Å². The Morgan fingerprint density at radius 1 is 1.29 bits per heavy atom. The van der Waals surface area contributed by atoms with Gasteiger partial charge in [0.05, 0.1) is 0 Å². The van der Waals surface area contributed by atoms with Crippen LogP contribution in [0.25, 0.3) is 0 Å². The van der Waals surface area contributed by atoms with Crippen LogP contribution >= 0.6 is 27.5 Å². The van der Waals surface area contributed by atoms with E-state index in [1.807, 2.05) is 18.2 Å². The summed E-state index contributed by atoms with van der Waals surface area (Å²) in [4.78, 5) is 0. The highest BCUT2D eigenvalue weighted by molar-refractivity contribution is 9.10. The Morgan fingerprint density at radius 2 is 2.10 bits per heavy atom. The highest BCUT2D eigenvalue weighted by Gasteiger charge is 2.06. The molecule has 1 unspecified atom stereocenters. The number of benzene rings is 2. The van der Waals surface area contributed by atoms with E-state index in [-0.39, 0.29) is 13.2 Å². The lowest BCUT2D eigenvalue weighted by atomic mass is 10.3. The van der Waals surface area contributed by atoms with Gasteiger partial charge < -0.3 is 15.2 Å². The Balaban J connectivity index is 1.80. The fourth-order valence-corrected chi connectivity index (χ4v) is 2.30. The van der Waals surface area contributed by atoms with Crippen molar-refractivity contribution in [2.75, 3.05) is 18.5 Å². The van der Waals surface area contributed by atoms with Crippen molar-refractivity contribution < 1.29 is 14.2 Å². The van der Waals surface area contributed by atoms with Crippen LogP contribution in [0, 0.1) is 5.82 Å². The van der Waals surface area contributed by atoms with Crippen molar-refractivity contribution in [3.63, 3.8) is 0 Å². The van der Waals surface area contributed by atoms with Crippen LogP contribution in [0.1, 0.15) is 0 Å². The molecule has 21 heavy (non-hydrogen) atoms. The van der Waals surface area contributed by atoms with Gasteiger partial charge in [0, 0.05) is 21.7 Å². The maximum Gasteiger partial charge on any atom is 0.126 e. The Hall–Kier alpha value is -1.30. The molecular weight excluding hydrogens is 361 g/mol. The Morgan fingerprint density at radius 3 is 2.81 bits per heavy atom. The van der Waals surface area contributed by atoms with Crippen molar-refractivity contribution in [3.05, 3.63) is 57.8 Å². The summed E-state index contributed by atoms with van der Waals surface area (Å²) in [5.41, 5.74) is 0.515. The number of aliphatic hydroxyl groups excluding tert-OH is 1. The lowest BCUT2D eigenvalue weighted by Gasteiger charge is -2.14. The lowest BCUT2D eigenvalue weighted by Crippen LogP contribution is -2.26. The number of anilines is 1. The zero-order valence-corrected chi connectivity index (χ0v) is 13.4. The molecule has 2 aromatic rings. The van der Waals surface area contributed by atoms with E-state index in [0.29, 0.717) is 16.5 Å². The first kappa shape index (κ1) is 16.1. The monoisotopic (exact) mass is 373 g/mol. The van der Waals surface area contributed by atoms with E-state index in [1.165, 1.54) is 12.1 Å². The van der Waals surface area contributed by atoms with Gasteiger partial charge >= 0.3 is 0 Å². The molecule has 0 fully saturated rings. The van der Waals surface area contributed by atoms with E-state index in [4.69, 9.17) is 16.3 Å². The lowest BCUT2D eigenvalue weighted by molar-refractivity contribution is 0.117. The second kappa shape index (κ2) is 7.64. The summed E-state index contributed by atoms with van der Waals surface area (Å²) in [5, 5.41) is 13.1. The quantitative estimate of drug-likeness (QED) is 0.800. The Kier molecular flexibility index (Phi) is 5.85. The van der Waals surface area contributed by atoms with Crippen molar-refractivity contribution in [1.82, 2.24) is 0 Å². The van der Waals surface area contributed by atoms with Crippen molar-refractivity contribution >= 4 is 33.2 Å². The van der Waals surface area contributed by atoms with Crippen LogP contribution < -0.4 is 10.1 Å². The number of rotatable bonds is 6. The minimum absolute atomic E-state index is 0.131. The molecule has 0 amide bonds. The van der Waals surface area contributed by atoms with Crippen LogP contribution in [0.2, 0.25) is 5.02 Å². The SMILES string of the molecule is OC(CNc1cc(F)cc(Cl)c1)COc1cccc(Br)c1. The molecular formula is C15H14BrClFNO2. The number of ether oxygens (including phenoxy) is 1. The van der Waals surface area contributed by atoms with E-state index < -0.39 is 11.9 Å². The van der Waals surface area contributed by atoms with E-state index >= 15 is 0 Å². The van der Waals surface area contributed by atoms with Crippen LogP contribution in [0.5, 0.6) is 5.75 Å². The largest absolute Gasteiger partial charge is 0.491 e. The fraction of sp³-hybridized carbons (Fsp3) is 0.200. The van der Waals surface area contributed by atoms with Crippen molar-refractivity contribution in [3.8, 4) is 5.75 Å². The van der Waals surface area contributed by atoms with Crippen LogP contribution in [0.15, 0.2) is 46.9 Å². The van der Waals surface area contributed by atoms with Crippen LogP contribution in [-0.4, -0.2) is 24.4 Å². The summed E-state index contributed by atoms with van der Waals surface area (Å²) in [7, 11) is 0. The van der Waals surface area contributed by atoms with Gasteiger partial charge in [-0.25, -0.2) is 4.39 Å². The summed E-state index contributed by atoms with van der Waals surface area (Å²) in [6.45, 7) is 0.361. The van der Waals surface area contributed by atoms with Gasteiger partial charge in [0.2, 0.25) is 0 Å². The van der Waals surface area contributed by atoms with Crippen molar-refractivity contribution in [2.45, 2.75) is 6.10 Å². The highest BCUT2D eigenvalue weighted by Crippen LogP contribution is 2.19. The van der Waals surface area contributed by atoms with Gasteiger partial charge in [-0.2, -0.15) is 0 Å². The third kappa shape index (κ3) is 5.53. The highest BCUT2D eigenvalue weighted by atomic mass is 79.9. The number of nitrogens with one attached hydrogen (secondary N) is 1. The standard InChI is InChI=1S/C15H14BrClFNO2/c16-10-2-1-3-15(4-10)21-9-14(20)8-19-13-6-11(17)5-12(18)7-13/h1-7,14,19-20H,8-9H2. The summed E-state index contributed by atoms with van der Waals surface area (Å²) in [6, 6.07) is 11.5. The van der Waals surface area contributed by atoms with Gasteiger partial charge in [-0.1, -0.05) is 33.6 Å². The van der Waals surface area contributed by atoms with Gasteiger partial charge in [0.1, 0.15) is 24.3 Å². The predicted molar refractivity (Wildman–Crippen MR) is 85.5 cm³/mol. The summed E-state index contributed by atoms with van der Waals surface area (Å²) in [6.07, 6.45) is -0.731. The zero-order valence-electron chi connectivity index (χ0n) is 11.0. The number of hydrogen-bond donors (Lipinski definition) is 2. The van der Waals surface area contributed by atoms with Gasteiger partial charge in [0.15, 0.2) is 0 Å². The molecule has 0 aromatic heterocycles. The molecule has 2 N–H and O–H groups in total. The van der Waals surface area contributed by atoms with E-state index in [0.717, 1.165) is 4.47 Å². The van der Waals surface area contributed by atoms with E-state index in [2.05, 4.69) is 21.2 Å². The zero-order chi connectivity index (χ0) is 15.2. The van der Waals surface area contributed by atoms with Gasteiger partial charge in [-0.15, -0.1) is 0 Å². The fourth-order valence-electron chi connectivity index (χ4n) is 1.70. The Bertz CT molecular complexity index is 592. The topological polar surface area (TPSA) is 41.5 Å². The minimum Gasteiger partial charge on any atom is -0.491 e. The molecule has 6 heteroatoms. The predicted octanol–water partition coefficient (Wildman–Crippen LogP) is 4.09. The average molecular weight is 375 g/mol. The smallest absolute Gasteiger partial charge is 0.126 e. The average Bonchev–Trinajstić information content (AvgIpc) is 2.42. The maximum atomic E-state index is 13.1. The van der Waals surface area contributed by atoms with Crippen LogP contribution in [-0.2, 0) is 0 Å². The normalized spacial score (nSPS) is 12.0. The van der Waals surface area contributed by atoms with Crippen molar-refractivity contribution in [2.24, 2.45) is 0 Å². The van der Waals surface area contributed by atoms with Crippen molar-refractivity contribution in [1.29, 1.82) is 0 Å². The maximum absolute atomic E-state index is 13.1. The van der Waals surface area contributed by atoms with E-state index in [1.54, 1.807) is 12.1 Å². The molecule has 1 atom stereocenters. The molecule has 0 aliphatic heterocycles. The molecule has 0 heterocycles. The Labute approximate surface area is 135 Å². The minimum atomic E-state index is -0.731.